The molecule has 0 aliphatic heterocycles. The van der Waals surface area contributed by atoms with Crippen molar-refractivity contribution in [3.8, 4) is 66.8 Å². The summed E-state index contributed by atoms with van der Waals surface area (Å²) in [6, 6.07) is 79.9. The second-order valence-corrected chi connectivity index (χ2v) is 14.0. The second-order valence-electron chi connectivity index (χ2n) is 14.0. The van der Waals surface area contributed by atoms with Gasteiger partial charge in [-0.1, -0.05) is 200 Å². The Labute approximate surface area is 316 Å². The monoisotopic (exact) mass is 684 g/mol. The van der Waals surface area contributed by atoms with Crippen molar-refractivity contribution in [2.45, 2.75) is 0 Å². The van der Waals surface area contributed by atoms with Crippen molar-refractivity contribution < 1.29 is 0 Å². The smallest absolute Gasteiger partial charge is 0.00137 e. The summed E-state index contributed by atoms with van der Waals surface area (Å²) in [5, 5.41) is 7.43. The van der Waals surface area contributed by atoms with Crippen molar-refractivity contribution in [3.63, 3.8) is 0 Å². The van der Waals surface area contributed by atoms with Gasteiger partial charge in [0.2, 0.25) is 0 Å². The predicted octanol–water partition coefficient (Wildman–Crippen LogP) is 15.1. The van der Waals surface area contributed by atoms with Gasteiger partial charge in [0.25, 0.3) is 0 Å². The average molecular weight is 685 g/mol. The van der Waals surface area contributed by atoms with Gasteiger partial charge >= 0.3 is 0 Å². The summed E-state index contributed by atoms with van der Waals surface area (Å²) in [7, 11) is 0. The van der Waals surface area contributed by atoms with E-state index in [1.165, 1.54) is 99.1 Å². The highest BCUT2D eigenvalue weighted by Gasteiger charge is 2.24. The van der Waals surface area contributed by atoms with Gasteiger partial charge in [-0.25, -0.2) is 0 Å². The van der Waals surface area contributed by atoms with Gasteiger partial charge in [-0.15, -0.1) is 0 Å². The Morgan fingerprint density at radius 2 is 0.611 bits per heavy atom. The largest absolute Gasteiger partial charge is 0.0622 e. The fourth-order valence-electron chi connectivity index (χ4n) is 8.39. The van der Waals surface area contributed by atoms with E-state index in [-0.39, 0.29) is 0 Å². The Morgan fingerprint density at radius 3 is 1.15 bits per heavy atom. The maximum atomic E-state index is 2.44. The summed E-state index contributed by atoms with van der Waals surface area (Å²) < 4.78 is 0. The number of hydrogen-bond donors (Lipinski definition) is 0. The van der Waals surface area contributed by atoms with E-state index in [0.717, 1.165) is 0 Å². The lowest BCUT2D eigenvalue weighted by atomic mass is 9.79. The quantitative estimate of drug-likeness (QED) is 0.153. The maximum Gasteiger partial charge on any atom is -0.00137 e. The zero-order valence-electron chi connectivity index (χ0n) is 29.8. The number of fused-ring (bicyclic) bond motifs is 3. The van der Waals surface area contributed by atoms with Gasteiger partial charge in [0.15, 0.2) is 0 Å². The predicted molar refractivity (Wildman–Crippen MR) is 232 cm³/mol. The van der Waals surface area contributed by atoms with Crippen molar-refractivity contribution in [2.75, 3.05) is 0 Å². The molecule has 0 saturated carbocycles. The molecule has 0 saturated heterocycles. The molecule has 0 spiro atoms. The van der Waals surface area contributed by atoms with E-state index < -0.39 is 0 Å². The van der Waals surface area contributed by atoms with E-state index >= 15 is 0 Å². The molecule has 0 aliphatic carbocycles. The minimum Gasteiger partial charge on any atom is -0.0622 e. The molecule has 252 valence electrons. The SMILES string of the molecule is c1ccc(-c2ccc(-c3c4ccccc4c(-c4c(-c5ccccc5)cccc4-c4ccccc4)c4cc5ccccc5cc34)c(-c3ccccc3)c2)cc1. The van der Waals surface area contributed by atoms with Gasteiger partial charge in [-0.05, 0) is 117 Å². The summed E-state index contributed by atoms with van der Waals surface area (Å²) in [5.74, 6) is 0. The van der Waals surface area contributed by atoms with Crippen LogP contribution in [0.1, 0.15) is 0 Å². The Bertz CT molecular complexity index is 2890. The van der Waals surface area contributed by atoms with Crippen LogP contribution < -0.4 is 0 Å². The Kier molecular flexibility index (Phi) is 7.93. The molecule has 0 radical (unpaired) electrons. The van der Waals surface area contributed by atoms with Crippen LogP contribution in [0.5, 0.6) is 0 Å². The van der Waals surface area contributed by atoms with Gasteiger partial charge in [-0.3, -0.25) is 0 Å². The lowest BCUT2D eigenvalue weighted by molar-refractivity contribution is 1.57. The summed E-state index contributed by atoms with van der Waals surface area (Å²) in [5.41, 5.74) is 14.7. The average Bonchev–Trinajstić information content (AvgIpc) is 3.26. The molecule has 0 N–H and O–H groups in total. The molecule has 54 heavy (non-hydrogen) atoms. The third-order valence-electron chi connectivity index (χ3n) is 10.9. The maximum absolute atomic E-state index is 2.44. The van der Waals surface area contributed by atoms with Gasteiger partial charge in [0, 0.05) is 0 Å². The lowest BCUT2D eigenvalue weighted by Gasteiger charge is -2.24. The molecule has 0 unspecified atom stereocenters. The molecule has 0 aliphatic rings. The van der Waals surface area contributed by atoms with Crippen LogP contribution >= 0.6 is 0 Å². The highest BCUT2D eigenvalue weighted by molar-refractivity contribution is 6.26. The van der Waals surface area contributed by atoms with Crippen LogP contribution in [0.3, 0.4) is 0 Å². The third-order valence-corrected chi connectivity index (χ3v) is 10.9. The summed E-state index contributed by atoms with van der Waals surface area (Å²) in [6.45, 7) is 0. The molecule has 0 atom stereocenters. The Balaban J connectivity index is 1.38. The van der Waals surface area contributed by atoms with Crippen LogP contribution in [0.2, 0.25) is 0 Å². The molecule has 0 aromatic heterocycles. The first-order chi connectivity index (χ1) is 26.8. The number of hydrogen-bond acceptors (Lipinski definition) is 0. The molecule has 0 heterocycles. The first-order valence-electron chi connectivity index (χ1n) is 18.7. The molecule has 0 fully saturated rings. The minimum atomic E-state index is 1.20. The Morgan fingerprint density at radius 1 is 0.185 bits per heavy atom. The van der Waals surface area contributed by atoms with Crippen LogP contribution in [-0.2, 0) is 0 Å². The molecule has 0 amide bonds. The normalized spacial score (nSPS) is 11.3. The van der Waals surface area contributed by atoms with E-state index in [2.05, 4.69) is 218 Å². The number of benzene rings is 10. The summed E-state index contributed by atoms with van der Waals surface area (Å²) in [6.07, 6.45) is 0. The van der Waals surface area contributed by atoms with Crippen LogP contribution in [0.4, 0.5) is 0 Å². The minimum absolute atomic E-state index is 1.20. The number of rotatable bonds is 6. The summed E-state index contributed by atoms with van der Waals surface area (Å²) >= 11 is 0. The van der Waals surface area contributed by atoms with Crippen LogP contribution in [0.15, 0.2) is 218 Å². The van der Waals surface area contributed by atoms with Crippen molar-refractivity contribution in [1.82, 2.24) is 0 Å². The highest BCUT2D eigenvalue weighted by atomic mass is 14.3. The van der Waals surface area contributed by atoms with Gasteiger partial charge in [-0.2, -0.15) is 0 Å². The zero-order valence-corrected chi connectivity index (χ0v) is 29.8. The summed E-state index contributed by atoms with van der Waals surface area (Å²) in [4.78, 5) is 0. The van der Waals surface area contributed by atoms with Crippen molar-refractivity contribution in [2.24, 2.45) is 0 Å². The van der Waals surface area contributed by atoms with E-state index in [9.17, 15) is 0 Å². The van der Waals surface area contributed by atoms with Gasteiger partial charge in [0.1, 0.15) is 0 Å². The molecule has 10 rings (SSSR count). The van der Waals surface area contributed by atoms with Gasteiger partial charge < -0.3 is 0 Å². The van der Waals surface area contributed by atoms with E-state index in [1.807, 2.05) is 0 Å². The van der Waals surface area contributed by atoms with Crippen molar-refractivity contribution in [3.05, 3.63) is 218 Å². The van der Waals surface area contributed by atoms with Crippen LogP contribution in [-0.4, -0.2) is 0 Å². The molecule has 10 aromatic rings. The van der Waals surface area contributed by atoms with E-state index in [4.69, 9.17) is 0 Å². The zero-order chi connectivity index (χ0) is 35.8. The molecule has 0 bridgehead atoms. The fourth-order valence-corrected chi connectivity index (χ4v) is 8.39. The molecule has 0 nitrogen and oxygen atoms in total. The topological polar surface area (TPSA) is 0 Å². The lowest BCUT2D eigenvalue weighted by Crippen LogP contribution is -1.96. The van der Waals surface area contributed by atoms with E-state index in [1.54, 1.807) is 0 Å². The second kappa shape index (κ2) is 13.5. The Hall–Kier alpha value is -7.02. The van der Waals surface area contributed by atoms with Crippen molar-refractivity contribution in [1.29, 1.82) is 0 Å². The third kappa shape index (κ3) is 5.48. The van der Waals surface area contributed by atoms with Gasteiger partial charge in [0.05, 0.1) is 0 Å². The standard InChI is InChI=1S/C54H36/c1-5-18-37(19-6-1)43-32-33-48(49(34-43)40-24-11-4-12-25-40)52-46-28-15-16-29-47(46)54(51-36-42-27-14-13-26-41(42)35-50(51)52)53-44(38-20-7-2-8-21-38)30-17-31-45(53)39-22-9-3-10-23-39/h1-36H. The van der Waals surface area contributed by atoms with E-state index in [0.29, 0.717) is 0 Å². The van der Waals surface area contributed by atoms with Crippen molar-refractivity contribution >= 4 is 32.3 Å². The molecule has 0 heteroatoms. The highest BCUT2D eigenvalue weighted by Crippen LogP contribution is 2.51. The van der Waals surface area contributed by atoms with Crippen LogP contribution in [0.25, 0.3) is 99.1 Å². The molecular weight excluding hydrogens is 649 g/mol. The van der Waals surface area contributed by atoms with Crippen LogP contribution in [0, 0.1) is 0 Å². The first kappa shape index (κ1) is 31.7. The fraction of sp³-hybridized carbons (Fsp3) is 0. The molecule has 10 aromatic carbocycles. The molecular formula is C54H36. The first-order valence-corrected chi connectivity index (χ1v) is 18.7.